The zero-order valence-electron chi connectivity index (χ0n) is 59.6. The molecule has 8 atom stereocenters. The van der Waals surface area contributed by atoms with E-state index in [0.717, 1.165) is 144 Å². The highest BCUT2D eigenvalue weighted by Gasteiger charge is 2.35. The van der Waals surface area contributed by atoms with Crippen molar-refractivity contribution in [3.8, 4) is 46.0 Å². The first-order valence-corrected chi connectivity index (χ1v) is 37.4. The van der Waals surface area contributed by atoms with Crippen LogP contribution in [-0.4, -0.2) is 40.9 Å². The summed E-state index contributed by atoms with van der Waals surface area (Å²) in [5.41, 5.74) is 8.87. The van der Waals surface area contributed by atoms with E-state index in [1.54, 1.807) is 0 Å². The van der Waals surface area contributed by atoms with Gasteiger partial charge in [-0.3, -0.25) is 0 Å². The van der Waals surface area contributed by atoms with Gasteiger partial charge in [-0.15, -0.1) is 0 Å². The standard InChI is InChI=1S/C98H86O8/c1-3-60(68-37-45-92(100)84-29-13-5-21-76(68)84)53-62(70-39-47-94(102)86-31-15-7-23-78(70)86)55-64(72-41-49-96(104)88-33-17-9-25-80(72)88)57-66(74-43-51-98(106)90-35-19-11-27-82(74)90)58-65(73-42-50-97(105)89-34-18-10-26-81(73)89)56-63(71-40-48-95(103)87-32-16-8-24-79(71)87)54-61(69-38-46-93(101)85-30-14-6-22-77(69)85)52-59(2)67-36-44-91(99)83-28-12-4-20-75(67)83/h4-51,59-66,99-106H,3,52-58H2,1-2H3. The number of hydrogen-bond acceptors (Lipinski definition) is 8. The van der Waals surface area contributed by atoms with Gasteiger partial charge in [0.2, 0.25) is 0 Å². The maximum atomic E-state index is 12.0. The largest absolute Gasteiger partial charge is 0.507 e. The van der Waals surface area contributed by atoms with Crippen LogP contribution in [0.4, 0.5) is 0 Å². The Bertz CT molecular complexity index is 5980. The van der Waals surface area contributed by atoms with Gasteiger partial charge in [0.25, 0.3) is 0 Å². The number of rotatable bonds is 23. The molecule has 0 saturated heterocycles. The van der Waals surface area contributed by atoms with Crippen molar-refractivity contribution in [1.29, 1.82) is 0 Å². The molecule has 0 spiro atoms. The minimum Gasteiger partial charge on any atom is -0.507 e. The van der Waals surface area contributed by atoms with Crippen molar-refractivity contribution in [2.75, 3.05) is 0 Å². The third-order valence-electron chi connectivity index (χ3n) is 23.6. The average Bonchev–Trinajstić information content (AvgIpc) is 0.769. The highest BCUT2D eigenvalue weighted by Crippen LogP contribution is 2.54. The predicted molar refractivity (Wildman–Crippen MR) is 435 cm³/mol. The smallest absolute Gasteiger partial charge is 0.123 e. The molecule has 8 unspecified atom stereocenters. The number of phenols is 8. The SMILES string of the molecule is CCC(CC(CC(CC(CC(CC(CC(CC(C)c1ccc(O)c2ccccc12)c1ccc(O)c2ccccc12)c1ccc(O)c2ccccc12)c1ccc(O)c2ccccc12)c1ccc(O)c2ccccc12)c1ccc(O)c2ccccc12)c1ccc(O)c2ccccc12)c1ccc(O)c2ccccc12. The molecule has 8 nitrogen and oxygen atoms in total. The fourth-order valence-electron chi connectivity index (χ4n) is 18.6. The molecule has 0 aliphatic heterocycles. The second-order valence-electron chi connectivity index (χ2n) is 29.6. The normalized spacial score (nSPS) is 14.2. The summed E-state index contributed by atoms with van der Waals surface area (Å²) < 4.78 is 0. The van der Waals surface area contributed by atoms with Gasteiger partial charge in [0.05, 0.1) is 0 Å². The minimum atomic E-state index is -0.252. The van der Waals surface area contributed by atoms with Crippen molar-refractivity contribution >= 4 is 86.2 Å². The molecule has 8 N–H and O–H groups in total. The van der Waals surface area contributed by atoms with Crippen LogP contribution >= 0.6 is 0 Å². The van der Waals surface area contributed by atoms with Crippen LogP contribution in [0.3, 0.4) is 0 Å². The van der Waals surface area contributed by atoms with Crippen LogP contribution in [0.1, 0.15) is 157 Å². The van der Waals surface area contributed by atoms with Gasteiger partial charge in [-0.1, -0.05) is 257 Å². The molecule has 16 aromatic carbocycles. The van der Waals surface area contributed by atoms with E-state index in [4.69, 9.17) is 0 Å². The van der Waals surface area contributed by atoms with E-state index in [0.29, 0.717) is 38.5 Å². The monoisotopic (exact) mass is 1390 g/mol. The molecule has 106 heavy (non-hydrogen) atoms. The summed E-state index contributed by atoms with van der Waals surface area (Å²) in [5, 5.41) is 108. The van der Waals surface area contributed by atoms with Gasteiger partial charge >= 0.3 is 0 Å². The number of phenolic OH excluding ortho intramolecular Hbond substituents is 8. The lowest BCUT2D eigenvalue weighted by atomic mass is 9.69. The van der Waals surface area contributed by atoms with Crippen molar-refractivity contribution < 1.29 is 40.9 Å². The Morgan fingerprint density at radius 2 is 0.311 bits per heavy atom. The minimum absolute atomic E-state index is 0.0198. The lowest BCUT2D eigenvalue weighted by Gasteiger charge is -2.35. The molecule has 16 rings (SSSR count). The molecule has 0 bridgehead atoms. The molecule has 0 fully saturated rings. The topological polar surface area (TPSA) is 162 Å². The number of benzene rings is 16. The Labute approximate surface area is 617 Å². The number of fused-ring (bicyclic) bond motifs is 8. The first-order valence-electron chi connectivity index (χ1n) is 37.4. The van der Waals surface area contributed by atoms with Crippen LogP contribution in [0.15, 0.2) is 291 Å². The maximum absolute atomic E-state index is 12.0. The van der Waals surface area contributed by atoms with Crippen molar-refractivity contribution in [3.05, 3.63) is 336 Å². The van der Waals surface area contributed by atoms with Gasteiger partial charge in [0.1, 0.15) is 46.0 Å². The van der Waals surface area contributed by atoms with Crippen LogP contribution < -0.4 is 0 Å². The fraction of sp³-hybridized carbons (Fsp3) is 0.184. The Morgan fingerprint density at radius 1 is 0.170 bits per heavy atom. The molecular weight excluding hydrogens is 1310 g/mol. The zero-order chi connectivity index (χ0) is 72.7. The Kier molecular flexibility index (Phi) is 18.9. The summed E-state index contributed by atoms with van der Waals surface area (Å²) in [6.45, 7) is 4.54. The first kappa shape index (κ1) is 68.4. The molecule has 16 aromatic rings. The van der Waals surface area contributed by atoms with Crippen molar-refractivity contribution in [2.45, 2.75) is 113 Å². The van der Waals surface area contributed by atoms with Crippen molar-refractivity contribution in [3.63, 3.8) is 0 Å². The van der Waals surface area contributed by atoms with Gasteiger partial charge < -0.3 is 40.9 Å². The summed E-state index contributed by atoms with van der Waals surface area (Å²) in [4.78, 5) is 0. The lowest BCUT2D eigenvalue weighted by Crippen LogP contribution is -2.18. The molecule has 0 heterocycles. The van der Waals surface area contributed by atoms with E-state index < -0.39 is 0 Å². The van der Waals surface area contributed by atoms with E-state index in [2.05, 4.69) is 141 Å². The van der Waals surface area contributed by atoms with Gasteiger partial charge in [-0.25, -0.2) is 0 Å². The van der Waals surface area contributed by atoms with E-state index in [1.807, 2.05) is 164 Å². The van der Waals surface area contributed by atoms with Crippen molar-refractivity contribution in [2.24, 2.45) is 0 Å². The van der Waals surface area contributed by atoms with E-state index >= 15 is 0 Å². The van der Waals surface area contributed by atoms with E-state index in [1.165, 1.54) is 0 Å². The Morgan fingerprint density at radius 3 is 0.500 bits per heavy atom. The van der Waals surface area contributed by atoms with E-state index in [9.17, 15) is 40.9 Å². The molecule has 8 heteroatoms. The number of aromatic hydroxyl groups is 8. The molecule has 0 amide bonds. The zero-order valence-corrected chi connectivity index (χ0v) is 59.6. The van der Waals surface area contributed by atoms with Crippen LogP contribution in [0.25, 0.3) is 86.2 Å². The van der Waals surface area contributed by atoms with Crippen LogP contribution in [0, 0.1) is 0 Å². The summed E-state index contributed by atoms with van der Waals surface area (Å²) in [5.74, 6) is 0.478. The Balaban J connectivity index is 0.912. The van der Waals surface area contributed by atoms with Crippen LogP contribution in [0.5, 0.6) is 46.0 Å². The van der Waals surface area contributed by atoms with Gasteiger partial charge in [0.15, 0.2) is 0 Å². The molecular formula is C98H86O8. The average molecular weight is 1390 g/mol. The second kappa shape index (κ2) is 29.3. The summed E-state index contributed by atoms with van der Waals surface area (Å²) in [6.07, 6.45) is 5.33. The van der Waals surface area contributed by atoms with Crippen LogP contribution in [0.2, 0.25) is 0 Å². The lowest BCUT2D eigenvalue weighted by molar-refractivity contribution is 0.380. The van der Waals surface area contributed by atoms with Crippen molar-refractivity contribution in [1.82, 2.24) is 0 Å². The summed E-state index contributed by atoms with van der Waals surface area (Å²) >= 11 is 0. The third-order valence-corrected chi connectivity index (χ3v) is 23.6. The summed E-state index contributed by atoms with van der Waals surface area (Å²) in [7, 11) is 0. The first-order chi connectivity index (χ1) is 51.8. The fourth-order valence-corrected chi connectivity index (χ4v) is 18.6. The quantitative estimate of drug-likeness (QED) is 0.0314. The second-order valence-corrected chi connectivity index (χ2v) is 29.6. The van der Waals surface area contributed by atoms with Gasteiger partial charge in [-0.05, 0) is 235 Å². The Hall–Kier alpha value is -12.0. The molecule has 0 aliphatic rings. The van der Waals surface area contributed by atoms with E-state index in [-0.39, 0.29) is 93.3 Å². The predicted octanol–water partition coefficient (Wildman–Crippen LogP) is 25.3. The molecule has 526 valence electrons. The number of hydrogen-bond donors (Lipinski definition) is 8. The van der Waals surface area contributed by atoms with Crippen LogP contribution in [-0.2, 0) is 0 Å². The van der Waals surface area contributed by atoms with Gasteiger partial charge in [0, 0.05) is 43.1 Å². The highest BCUT2D eigenvalue weighted by molar-refractivity contribution is 5.97. The van der Waals surface area contributed by atoms with Gasteiger partial charge in [-0.2, -0.15) is 0 Å². The molecule has 0 saturated carbocycles. The molecule has 0 aromatic heterocycles. The highest BCUT2D eigenvalue weighted by atomic mass is 16.3. The molecule has 0 radical (unpaired) electrons. The molecule has 0 aliphatic carbocycles. The summed E-state index contributed by atoms with van der Waals surface area (Å²) in [6, 6.07) is 97.0. The maximum Gasteiger partial charge on any atom is 0.123 e. The third kappa shape index (κ3) is 13.0.